The lowest BCUT2D eigenvalue weighted by molar-refractivity contribution is -0.120. The van der Waals surface area contributed by atoms with Crippen LogP contribution in [0.4, 0.5) is 0 Å². The van der Waals surface area contributed by atoms with E-state index in [-0.39, 0.29) is 18.2 Å². The predicted octanol–water partition coefficient (Wildman–Crippen LogP) is 1.41. The molecule has 1 saturated carbocycles. The Bertz CT molecular complexity index is 375. The van der Waals surface area contributed by atoms with Crippen molar-refractivity contribution in [2.75, 3.05) is 13.1 Å². The van der Waals surface area contributed by atoms with Crippen LogP contribution in [0.5, 0.6) is 0 Å². The summed E-state index contributed by atoms with van der Waals surface area (Å²) in [6.45, 7) is 1.02. The number of nitriles is 1. The molecule has 19 heavy (non-hydrogen) atoms. The van der Waals surface area contributed by atoms with E-state index in [2.05, 4.69) is 10.6 Å². The Morgan fingerprint density at radius 3 is 2.53 bits per heavy atom. The molecule has 5 heteroatoms. The van der Waals surface area contributed by atoms with Gasteiger partial charge in [-0.1, -0.05) is 12.0 Å². The molecule has 0 aromatic rings. The van der Waals surface area contributed by atoms with Crippen LogP contribution in [-0.2, 0) is 9.59 Å². The highest BCUT2D eigenvalue weighted by molar-refractivity contribution is 5.88. The van der Waals surface area contributed by atoms with Crippen molar-refractivity contribution in [2.45, 2.75) is 44.9 Å². The van der Waals surface area contributed by atoms with Crippen molar-refractivity contribution in [3.05, 3.63) is 11.6 Å². The Balaban J connectivity index is 2.07. The number of amides is 2. The summed E-state index contributed by atoms with van der Waals surface area (Å²) < 4.78 is 0. The molecule has 0 radical (unpaired) electrons. The van der Waals surface area contributed by atoms with E-state index in [0.717, 1.165) is 12.8 Å². The Morgan fingerprint density at radius 2 is 1.84 bits per heavy atom. The summed E-state index contributed by atoms with van der Waals surface area (Å²) in [5, 5.41) is 13.7. The van der Waals surface area contributed by atoms with Gasteiger partial charge in [0, 0.05) is 19.2 Å². The lowest BCUT2D eigenvalue weighted by atomic mass is 9.95. The summed E-state index contributed by atoms with van der Waals surface area (Å²) >= 11 is 0. The van der Waals surface area contributed by atoms with E-state index >= 15 is 0 Å². The van der Waals surface area contributed by atoms with Crippen LogP contribution >= 0.6 is 0 Å². The molecule has 1 rings (SSSR count). The quantitative estimate of drug-likeness (QED) is 0.561. The van der Waals surface area contributed by atoms with E-state index in [9.17, 15) is 9.59 Å². The number of rotatable bonds is 6. The molecule has 2 N–H and O–H groups in total. The van der Waals surface area contributed by atoms with Gasteiger partial charge in [-0.05, 0) is 32.1 Å². The van der Waals surface area contributed by atoms with Gasteiger partial charge < -0.3 is 10.6 Å². The van der Waals surface area contributed by atoms with Crippen LogP contribution in [0.2, 0.25) is 0 Å². The van der Waals surface area contributed by atoms with Gasteiger partial charge in [0.05, 0.1) is 6.07 Å². The van der Waals surface area contributed by atoms with Crippen LogP contribution in [0.15, 0.2) is 11.6 Å². The van der Waals surface area contributed by atoms with Gasteiger partial charge in [0.25, 0.3) is 0 Å². The van der Waals surface area contributed by atoms with Crippen LogP contribution in [0.1, 0.15) is 44.9 Å². The third-order valence-corrected chi connectivity index (χ3v) is 3.05. The zero-order chi connectivity index (χ0) is 13.9. The highest BCUT2D eigenvalue weighted by Crippen LogP contribution is 2.22. The van der Waals surface area contributed by atoms with E-state index in [1.807, 2.05) is 0 Å². The highest BCUT2D eigenvalue weighted by atomic mass is 16.2. The molecule has 5 nitrogen and oxygen atoms in total. The SMILES string of the molecule is N#CCC(=O)NCCCNC(=O)C=C1CCCCC1. The topological polar surface area (TPSA) is 82.0 Å². The fourth-order valence-corrected chi connectivity index (χ4v) is 2.05. The second-order valence-corrected chi connectivity index (χ2v) is 4.69. The van der Waals surface area contributed by atoms with Crippen molar-refractivity contribution < 1.29 is 9.59 Å². The standard InChI is InChI=1S/C14H21N3O2/c15-8-7-13(18)16-9-4-10-17-14(19)11-12-5-2-1-3-6-12/h11H,1-7,9-10H2,(H,16,18)(H,17,19). The number of hydrogen-bond donors (Lipinski definition) is 2. The Morgan fingerprint density at radius 1 is 1.16 bits per heavy atom. The molecule has 104 valence electrons. The number of nitrogens with one attached hydrogen (secondary N) is 2. The minimum absolute atomic E-state index is 0.0414. The summed E-state index contributed by atoms with van der Waals surface area (Å²) in [7, 11) is 0. The molecule has 0 bridgehead atoms. The summed E-state index contributed by atoms with van der Waals surface area (Å²) in [6.07, 6.45) is 7.99. The summed E-state index contributed by atoms with van der Waals surface area (Å²) in [6, 6.07) is 1.78. The molecule has 0 heterocycles. The van der Waals surface area contributed by atoms with E-state index < -0.39 is 0 Å². The summed E-state index contributed by atoms with van der Waals surface area (Å²) in [5.41, 5.74) is 1.24. The van der Waals surface area contributed by atoms with Crippen molar-refractivity contribution in [1.29, 1.82) is 5.26 Å². The third-order valence-electron chi connectivity index (χ3n) is 3.05. The van der Waals surface area contributed by atoms with Gasteiger partial charge in [0.15, 0.2) is 0 Å². The predicted molar refractivity (Wildman–Crippen MR) is 72.0 cm³/mol. The lowest BCUT2D eigenvalue weighted by Gasteiger charge is -2.13. The van der Waals surface area contributed by atoms with Gasteiger partial charge in [-0.3, -0.25) is 9.59 Å². The van der Waals surface area contributed by atoms with E-state index in [1.54, 1.807) is 12.1 Å². The van der Waals surface area contributed by atoms with Gasteiger partial charge in [0.1, 0.15) is 6.42 Å². The van der Waals surface area contributed by atoms with Crippen molar-refractivity contribution in [3.8, 4) is 6.07 Å². The maximum absolute atomic E-state index is 11.6. The first-order chi connectivity index (χ1) is 9.22. The monoisotopic (exact) mass is 263 g/mol. The molecule has 0 aliphatic heterocycles. The Hall–Kier alpha value is -1.83. The smallest absolute Gasteiger partial charge is 0.243 e. The minimum Gasteiger partial charge on any atom is -0.355 e. The van der Waals surface area contributed by atoms with Crippen molar-refractivity contribution in [2.24, 2.45) is 0 Å². The van der Waals surface area contributed by atoms with Crippen LogP contribution in [0, 0.1) is 11.3 Å². The molecule has 1 aliphatic rings. The number of allylic oxidation sites excluding steroid dienone is 1. The molecule has 1 fully saturated rings. The van der Waals surface area contributed by atoms with Crippen LogP contribution < -0.4 is 10.6 Å². The second kappa shape index (κ2) is 9.15. The third kappa shape index (κ3) is 7.24. The lowest BCUT2D eigenvalue weighted by Crippen LogP contribution is -2.29. The maximum atomic E-state index is 11.6. The summed E-state index contributed by atoms with van der Waals surface area (Å²) in [5.74, 6) is -0.307. The van der Waals surface area contributed by atoms with Crippen LogP contribution in [0.25, 0.3) is 0 Å². The molecular formula is C14H21N3O2. The molecule has 1 aliphatic carbocycles. The Labute approximate surface area is 114 Å². The number of carbonyl (C=O) groups excluding carboxylic acids is 2. The number of carbonyl (C=O) groups is 2. The molecular weight excluding hydrogens is 242 g/mol. The normalized spacial score (nSPS) is 14.4. The zero-order valence-electron chi connectivity index (χ0n) is 11.2. The largest absolute Gasteiger partial charge is 0.355 e. The van der Waals surface area contributed by atoms with E-state index in [0.29, 0.717) is 19.5 Å². The molecule has 0 spiro atoms. The first-order valence-electron chi connectivity index (χ1n) is 6.83. The van der Waals surface area contributed by atoms with Gasteiger partial charge in [-0.25, -0.2) is 0 Å². The zero-order valence-corrected chi connectivity index (χ0v) is 11.2. The molecule has 0 aromatic carbocycles. The average Bonchev–Trinajstić information content (AvgIpc) is 2.40. The van der Waals surface area contributed by atoms with Gasteiger partial charge in [-0.15, -0.1) is 0 Å². The molecule has 0 atom stereocenters. The molecule has 0 unspecified atom stereocenters. The highest BCUT2D eigenvalue weighted by Gasteiger charge is 2.07. The number of nitrogens with zero attached hydrogens (tertiary/aromatic N) is 1. The van der Waals surface area contributed by atoms with Crippen molar-refractivity contribution in [1.82, 2.24) is 10.6 Å². The fraction of sp³-hybridized carbons (Fsp3) is 0.643. The van der Waals surface area contributed by atoms with Crippen molar-refractivity contribution >= 4 is 11.8 Å². The average molecular weight is 263 g/mol. The molecule has 0 saturated heterocycles. The van der Waals surface area contributed by atoms with Gasteiger partial charge in [0.2, 0.25) is 11.8 Å². The number of hydrogen-bond acceptors (Lipinski definition) is 3. The molecule has 0 aromatic heterocycles. The van der Waals surface area contributed by atoms with Crippen LogP contribution in [0.3, 0.4) is 0 Å². The summed E-state index contributed by atoms with van der Waals surface area (Å²) in [4.78, 5) is 22.6. The van der Waals surface area contributed by atoms with Gasteiger partial charge >= 0.3 is 0 Å². The molecule has 2 amide bonds. The van der Waals surface area contributed by atoms with Crippen LogP contribution in [-0.4, -0.2) is 24.9 Å². The van der Waals surface area contributed by atoms with E-state index in [1.165, 1.54) is 24.8 Å². The maximum Gasteiger partial charge on any atom is 0.243 e. The van der Waals surface area contributed by atoms with Crippen molar-refractivity contribution in [3.63, 3.8) is 0 Å². The Kier molecular flexibility index (Phi) is 7.33. The van der Waals surface area contributed by atoms with E-state index in [4.69, 9.17) is 5.26 Å². The second-order valence-electron chi connectivity index (χ2n) is 4.69. The first-order valence-corrected chi connectivity index (χ1v) is 6.83. The fourth-order valence-electron chi connectivity index (χ4n) is 2.05. The first kappa shape index (κ1) is 15.2. The minimum atomic E-state index is -0.266. The van der Waals surface area contributed by atoms with Gasteiger partial charge in [-0.2, -0.15) is 5.26 Å².